The fourth-order valence-corrected chi connectivity index (χ4v) is 16.1. The van der Waals surface area contributed by atoms with E-state index in [9.17, 15) is 61.0 Å². The van der Waals surface area contributed by atoms with Crippen LogP contribution in [0, 0.1) is 0 Å². The van der Waals surface area contributed by atoms with E-state index in [1.54, 1.807) is 0 Å². The van der Waals surface area contributed by atoms with Gasteiger partial charge in [-0.2, -0.15) is 0 Å². The van der Waals surface area contributed by atoms with E-state index >= 15 is 0 Å². The second-order valence-corrected chi connectivity index (χ2v) is 33.1. The Morgan fingerprint density at radius 3 is 0.813 bits per heavy atom. The molecule has 3 aliphatic rings. The predicted molar refractivity (Wildman–Crippen MR) is 430 cm³/mol. The predicted octanol–water partition coefficient (Wildman–Crippen LogP) is 17.3. The number of nitrogens with one attached hydrogen (secondary N) is 1. The Hall–Kier alpha value is -1.21. The fourth-order valence-electron chi connectivity index (χ4n) is 16.1. The van der Waals surface area contributed by atoms with Crippen LogP contribution in [0.4, 0.5) is 0 Å². The van der Waals surface area contributed by atoms with Crippen LogP contribution in [0.15, 0.2) is 0 Å². The van der Waals surface area contributed by atoms with E-state index in [1.807, 2.05) is 0 Å². The van der Waals surface area contributed by atoms with Crippen LogP contribution in [0.2, 0.25) is 0 Å². The molecule has 0 aromatic rings. The maximum Gasteiger partial charge on any atom is 0.220 e. The molecule has 107 heavy (non-hydrogen) atoms. The lowest BCUT2D eigenvalue weighted by Gasteiger charge is -2.48. The molecule has 0 saturated carbocycles. The molecule has 17 unspecified atom stereocenters. The van der Waals surface area contributed by atoms with Crippen LogP contribution in [-0.4, -0.2) is 193 Å². The molecule has 0 aromatic carbocycles. The number of aliphatic hydroxyl groups is 11. The van der Waals surface area contributed by atoms with Crippen molar-refractivity contribution in [2.24, 2.45) is 0 Å². The molecule has 0 bridgehead atoms. The highest BCUT2D eigenvalue weighted by molar-refractivity contribution is 5.76. The average molecular weight is 1530 g/mol. The summed E-state index contributed by atoms with van der Waals surface area (Å²) in [6, 6.07) is -0.884. The number of unbranched alkanes of at least 4 members (excludes halogenated alkanes) is 60. The van der Waals surface area contributed by atoms with Crippen molar-refractivity contribution in [1.29, 1.82) is 0 Å². The monoisotopic (exact) mass is 1530 g/mol. The first-order chi connectivity index (χ1) is 52.3. The Morgan fingerprint density at radius 2 is 0.533 bits per heavy atom. The van der Waals surface area contributed by atoms with Gasteiger partial charge < -0.3 is 89.9 Å². The van der Waals surface area contributed by atoms with Crippen LogP contribution < -0.4 is 5.32 Å². The minimum atomic E-state index is -1.97. The van der Waals surface area contributed by atoms with E-state index in [0.717, 1.165) is 44.9 Å². The van der Waals surface area contributed by atoms with Crippen molar-refractivity contribution in [3.8, 4) is 0 Å². The summed E-state index contributed by atoms with van der Waals surface area (Å²) in [6.07, 6.45) is 56.6. The summed E-state index contributed by atoms with van der Waals surface area (Å²) in [4.78, 5) is 13.5. The minimum absolute atomic E-state index is 0.231. The highest BCUT2D eigenvalue weighted by atomic mass is 16.8. The van der Waals surface area contributed by atoms with Gasteiger partial charge in [-0.3, -0.25) is 4.79 Å². The number of carbonyl (C=O) groups excluding carboxylic acids is 1. The van der Waals surface area contributed by atoms with Crippen molar-refractivity contribution in [3.63, 3.8) is 0 Å². The zero-order chi connectivity index (χ0) is 77.4. The van der Waals surface area contributed by atoms with E-state index in [0.29, 0.717) is 12.8 Å². The van der Waals surface area contributed by atoms with E-state index in [1.165, 1.54) is 347 Å². The largest absolute Gasteiger partial charge is 0.394 e. The second-order valence-electron chi connectivity index (χ2n) is 33.1. The Balaban J connectivity index is 1.30. The average Bonchev–Trinajstić information content (AvgIpc) is 0.782. The Kier molecular flexibility index (Phi) is 64.6. The first-order valence-electron chi connectivity index (χ1n) is 45.8. The third kappa shape index (κ3) is 48.1. The van der Waals surface area contributed by atoms with E-state index in [-0.39, 0.29) is 18.9 Å². The summed E-state index contributed by atoms with van der Waals surface area (Å²) in [5.74, 6) is -0.231. The first kappa shape index (κ1) is 100.0. The molecule has 12 N–H and O–H groups in total. The second kappa shape index (κ2) is 69.1. The number of carbonyl (C=O) groups is 1. The molecule has 3 saturated heterocycles. The van der Waals surface area contributed by atoms with Gasteiger partial charge in [-0.05, 0) is 12.8 Å². The van der Waals surface area contributed by atoms with Gasteiger partial charge in [0.15, 0.2) is 18.9 Å². The smallest absolute Gasteiger partial charge is 0.220 e. The zero-order valence-corrected chi connectivity index (χ0v) is 68.7. The van der Waals surface area contributed by atoms with Crippen LogP contribution in [0.25, 0.3) is 0 Å². The highest BCUT2D eigenvalue weighted by Crippen LogP contribution is 2.34. The lowest BCUT2D eigenvalue weighted by molar-refractivity contribution is -0.379. The maximum absolute atomic E-state index is 13.5. The lowest BCUT2D eigenvalue weighted by atomic mass is 9.96. The molecule has 19 nitrogen and oxygen atoms in total. The molecule has 636 valence electrons. The zero-order valence-electron chi connectivity index (χ0n) is 68.7. The van der Waals surface area contributed by atoms with Crippen molar-refractivity contribution in [1.82, 2.24) is 5.32 Å². The highest BCUT2D eigenvalue weighted by Gasteiger charge is 2.54. The number of hydrogen-bond donors (Lipinski definition) is 12. The molecule has 19 heteroatoms. The third-order valence-electron chi connectivity index (χ3n) is 23.4. The van der Waals surface area contributed by atoms with E-state index in [4.69, 9.17) is 28.4 Å². The van der Waals surface area contributed by atoms with Gasteiger partial charge in [0.2, 0.25) is 5.91 Å². The van der Waals surface area contributed by atoms with Crippen LogP contribution >= 0.6 is 0 Å². The van der Waals surface area contributed by atoms with Crippen molar-refractivity contribution in [2.75, 3.05) is 26.4 Å². The number of amides is 1. The van der Waals surface area contributed by atoms with Gasteiger partial charge in [-0.1, -0.05) is 406 Å². The molecule has 0 aliphatic carbocycles. The maximum atomic E-state index is 13.5. The Labute approximate surface area is 653 Å². The van der Waals surface area contributed by atoms with Gasteiger partial charge in [0.05, 0.1) is 38.6 Å². The van der Waals surface area contributed by atoms with Gasteiger partial charge in [-0.15, -0.1) is 0 Å². The molecule has 0 radical (unpaired) electrons. The standard InChI is InChI=1S/C88H171NO18/c1-3-5-7-9-11-13-15-17-19-21-23-25-27-29-31-32-33-34-35-36-37-38-39-40-42-44-46-48-50-52-54-56-58-60-62-64-66-76(94)89-71(72(93)65-63-61-59-57-55-53-51-49-47-45-43-41-30-28-26-24-22-20-18-16-14-12-10-8-6-4-2)70-102-86-82(100)79(97)84(74(68-91)104-86)107-88-83(101)80(98)85(75(69-92)105-88)106-87-81(99)78(96)77(95)73(67-90)103-87/h71-75,77-88,90-93,95-101H,3-70H2,1-2H3,(H,89,94). The fraction of sp³-hybridized carbons (Fsp3) is 0.989. The van der Waals surface area contributed by atoms with Crippen LogP contribution in [0.5, 0.6) is 0 Å². The van der Waals surface area contributed by atoms with Gasteiger partial charge >= 0.3 is 0 Å². The van der Waals surface area contributed by atoms with Gasteiger partial charge in [0.25, 0.3) is 0 Å². The van der Waals surface area contributed by atoms with Crippen molar-refractivity contribution in [3.05, 3.63) is 0 Å². The number of aliphatic hydroxyl groups excluding tert-OH is 11. The Bertz CT molecular complexity index is 1930. The van der Waals surface area contributed by atoms with Gasteiger partial charge in [0, 0.05) is 6.42 Å². The number of ether oxygens (including phenoxy) is 6. The van der Waals surface area contributed by atoms with Gasteiger partial charge in [0.1, 0.15) is 73.2 Å². The summed E-state index contributed by atoms with van der Waals surface area (Å²) in [7, 11) is 0. The summed E-state index contributed by atoms with van der Waals surface area (Å²) in [5, 5.41) is 121. The van der Waals surface area contributed by atoms with Gasteiger partial charge in [-0.25, -0.2) is 0 Å². The van der Waals surface area contributed by atoms with E-state index < -0.39 is 124 Å². The summed E-state index contributed by atoms with van der Waals surface area (Å²) < 4.78 is 34.6. The molecule has 17 atom stereocenters. The molecule has 0 aromatic heterocycles. The van der Waals surface area contributed by atoms with E-state index in [2.05, 4.69) is 19.2 Å². The minimum Gasteiger partial charge on any atom is -0.394 e. The van der Waals surface area contributed by atoms with Crippen LogP contribution in [0.3, 0.4) is 0 Å². The Morgan fingerprint density at radius 1 is 0.299 bits per heavy atom. The molecule has 0 spiro atoms. The SMILES string of the molecule is CCCCCCCCCCCCCCCCCCCCCCCCCCCCCCCCCCCCCCC(=O)NC(COC1OC(CO)C(OC2OC(CO)C(OC3OC(CO)C(O)C(O)C3O)C(O)C2O)C(O)C1O)C(O)CCCCCCCCCCCCCCCCCCCCCCCCCCCC. The van der Waals surface area contributed by atoms with Crippen molar-refractivity contribution >= 4 is 5.91 Å². The number of hydrogen-bond acceptors (Lipinski definition) is 18. The van der Waals surface area contributed by atoms with Crippen molar-refractivity contribution < 1.29 is 89.4 Å². The summed E-state index contributed by atoms with van der Waals surface area (Å²) >= 11 is 0. The van der Waals surface area contributed by atoms with Crippen LogP contribution in [0.1, 0.15) is 425 Å². The topological polar surface area (TPSA) is 307 Å². The molecule has 3 heterocycles. The normalized spacial score (nSPS) is 25.4. The summed E-state index contributed by atoms with van der Waals surface area (Å²) in [6.45, 7) is 1.89. The molecule has 3 aliphatic heterocycles. The van der Waals surface area contributed by atoms with Crippen molar-refractivity contribution in [2.45, 2.75) is 529 Å². The quantitative estimate of drug-likeness (QED) is 0.0252. The lowest BCUT2D eigenvalue weighted by Crippen LogP contribution is -2.66. The molecular formula is C88H171NO18. The molecule has 3 fully saturated rings. The molecular weight excluding hydrogens is 1360 g/mol. The first-order valence-corrected chi connectivity index (χ1v) is 45.8. The third-order valence-corrected chi connectivity index (χ3v) is 23.4. The summed E-state index contributed by atoms with van der Waals surface area (Å²) in [5.41, 5.74) is 0. The molecule has 1 amide bonds. The number of rotatable bonds is 76. The molecule has 3 rings (SSSR count). The van der Waals surface area contributed by atoms with Crippen LogP contribution in [-0.2, 0) is 33.2 Å².